The topological polar surface area (TPSA) is 378 Å². The van der Waals surface area contributed by atoms with Crippen LogP contribution < -0.4 is 79.6 Å². The Bertz CT molecular complexity index is 6850. The lowest BCUT2D eigenvalue weighted by atomic mass is 9.97. The van der Waals surface area contributed by atoms with E-state index in [0.717, 1.165) is 170 Å². The average Bonchev–Trinajstić information content (AvgIpc) is 1.66. The van der Waals surface area contributed by atoms with E-state index in [1.165, 1.54) is 27.1 Å². The molecule has 141 heavy (non-hydrogen) atoms. The maximum Gasteiger partial charge on any atom is 0.401 e. The van der Waals surface area contributed by atoms with Gasteiger partial charge < -0.3 is 89.6 Å². The first kappa shape index (κ1) is 100. The number of rotatable bonds is 37. The van der Waals surface area contributed by atoms with Gasteiger partial charge in [0.05, 0.1) is 198 Å². The number of halogens is 3. The second-order valence-electron chi connectivity index (χ2n) is 34.5. The van der Waals surface area contributed by atoms with Crippen molar-refractivity contribution < 1.29 is 61.0 Å². The second kappa shape index (κ2) is 46.4. The van der Waals surface area contributed by atoms with E-state index in [4.69, 9.17) is 69.3 Å². The minimum atomic E-state index is -4.37. The number of hydrogen-bond donors (Lipinski definition) is 5. The van der Waals surface area contributed by atoms with Crippen LogP contribution in [0.3, 0.4) is 0 Å². The van der Waals surface area contributed by atoms with Gasteiger partial charge in [0.25, 0.3) is 0 Å². The highest BCUT2D eigenvalue weighted by Gasteiger charge is 2.30. The molecule has 16 aromatic rings. The molecule has 8 aromatic carbocycles. The molecule has 8 aromatic heterocycles. The number of methoxy groups -OCH3 is 8. The number of primary amides is 1. The fourth-order valence-electron chi connectivity index (χ4n) is 16.4. The second-order valence-corrected chi connectivity index (χ2v) is 34.5. The number of piperidine rings is 1. The van der Waals surface area contributed by atoms with Crippen LogP contribution in [0.2, 0.25) is 0 Å². The summed E-state index contributed by atoms with van der Waals surface area (Å²) in [5.74, 6) is 5.90. The van der Waals surface area contributed by atoms with Gasteiger partial charge in [-0.1, -0.05) is 0 Å². The van der Waals surface area contributed by atoms with Gasteiger partial charge in [0.2, 0.25) is 5.91 Å². The molecular formula is C103H118F3N25O10. The Balaban J connectivity index is 0.000000142. The van der Waals surface area contributed by atoms with Crippen molar-refractivity contribution in [1.29, 1.82) is 0 Å². The summed E-state index contributed by atoms with van der Waals surface area (Å²) < 4.78 is 88.7. The summed E-state index contributed by atoms with van der Waals surface area (Å²) in [6.45, 7) is 9.65. The molecule has 1 saturated carbocycles. The monoisotopic (exact) mass is 1920 g/mol. The number of nitrogens with two attached hydrogens (primary N) is 2. The van der Waals surface area contributed by atoms with Crippen molar-refractivity contribution in [1.82, 2.24) is 94.5 Å². The molecule has 0 bridgehead atoms. The Hall–Kier alpha value is -15.4. The Kier molecular flexibility index (Phi) is 32.9. The molecule has 7 N–H and O–H groups in total. The summed E-state index contributed by atoms with van der Waals surface area (Å²) in [5.41, 5.74) is 31.4. The van der Waals surface area contributed by atoms with Crippen molar-refractivity contribution in [2.45, 2.75) is 57.9 Å². The lowest BCUT2D eigenvalue weighted by Crippen LogP contribution is -2.43. The number of aliphatic hydroxyl groups excluding tert-OH is 1. The van der Waals surface area contributed by atoms with Gasteiger partial charge in [0, 0.05) is 245 Å². The molecule has 18 rings (SSSR count). The van der Waals surface area contributed by atoms with E-state index < -0.39 is 18.8 Å². The molecule has 1 unspecified atom stereocenters. The van der Waals surface area contributed by atoms with Crippen molar-refractivity contribution in [3.63, 3.8) is 0 Å². The molecule has 35 nitrogen and oxygen atoms in total. The van der Waals surface area contributed by atoms with Crippen molar-refractivity contribution in [3.8, 4) is 91.0 Å². The minimum Gasteiger partial charge on any atom is -0.497 e. The molecule has 736 valence electrons. The molecule has 2 aliphatic rings. The third-order valence-corrected chi connectivity index (χ3v) is 24.0. The number of aryl methyl sites for hydroxylation is 3. The largest absolute Gasteiger partial charge is 0.497 e. The number of alkyl halides is 3. The predicted molar refractivity (Wildman–Crippen MR) is 541 cm³/mol. The normalized spacial score (nSPS) is 13.3. The molecule has 1 aliphatic heterocycles. The number of hydrogen-bond acceptors (Lipinski definition) is 30. The molecule has 1 amide bonds. The third-order valence-electron chi connectivity index (χ3n) is 24.0. The van der Waals surface area contributed by atoms with Crippen LogP contribution in [0, 0.1) is 11.8 Å². The number of carbonyl (C=O) groups excluding carboxylic acids is 1. The lowest BCUT2D eigenvalue weighted by molar-refractivity contribution is -0.125. The molecular weight excluding hydrogens is 1800 g/mol. The molecule has 38 heteroatoms. The van der Waals surface area contributed by atoms with Crippen LogP contribution in [0.1, 0.15) is 45.6 Å². The number of likely N-dealkylation sites (tertiary alicyclic amines) is 1. The number of amides is 1. The molecule has 1 saturated heterocycles. The van der Waals surface area contributed by atoms with E-state index in [1.807, 2.05) is 154 Å². The number of aromatic nitrogens is 16. The third kappa shape index (κ3) is 26.2. The molecule has 2 atom stereocenters. The Morgan fingerprint density at radius 1 is 0.440 bits per heavy atom. The summed E-state index contributed by atoms with van der Waals surface area (Å²) in [7, 11) is 18.5. The smallest absolute Gasteiger partial charge is 0.401 e. The number of nitrogens with zero attached hydrogens (tertiary/aromatic N) is 21. The van der Waals surface area contributed by atoms with Gasteiger partial charge in [0.15, 0.2) is 0 Å². The predicted octanol–water partition coefficient (Wildman–Crippen LogP) is 15.5. The van der Waals surface area contributed by atoms with Crippen molar-refractivity contribution >= 4 is 95.5 Å². The molecule has 9 heterocycles. The van der Waals surface area contributed by atoms with E-state index in [0.29, 0.717) is 88.8 Å². The first-order valence-electron chi connectivity index (χ1n) is 46.2. The first-order valence-corrected chi connectivity index (χ1v) is 46.2. The zero-order valence-electron chi connectivity index (χ0n) is 81.2. The summed E-state index contributed by atoms with van der Waals surface area (Å²) in [6.07, 6.45) is 20.8. The van der Waals surface area contributed by atoms with E-state index >= 15 is 0 Å². The number of aliphatic hydroxyl groups is 1. The summed E-state index contributed by atoms with van der Waals surface area (Å²) in [6, 6.07) is 46.8. The molecule has 0 radical (unpaired) electrons. The molecule has 1 aliphatic carbocycles. The number of benzene rings is 8. The van der Waals surface area contributed by atoms with Gasteiger partial charge in [0.1, 0.15) is 46.0 Å². The summed E-state index contributed by atoms with van der Waals surface area (Å²) in [4.78, 5) is 60.2. The van der Waals surface area contributed by atoms with E-state index in [-0.39, 0.29) is 31.0 Å². The van der Waals surface area contributed by atoms with Crippen molar-refractivity contribution in [2.24, 2.45) is 44.4 Å². The standard InChI is InChI=1S/C28H33N7O3.C26H30N6O2.C25H27F3N6O3.C24H28N6O2/c1-33-17-20(15-31-33)27-16-30-25-7-6-21(13-26(25)32-27)35(22-11-23(37-2)14-24(12-22)38-3)10-9-34-8-4-5-19(18-34)28(29)36;1-31-17-19(15-29-31)26-16-28-24-7-6-20(12-25(24)30-26)32(9-8-27-14-18-4-5-18)21-10-22(33-2)13-23(11-21)34-3;1-33-13-16(10-31-33)24-12-30-22-5-4-17(8-23(22)32-24)34(14-19(35)11-29-15-25(26,27)28)18-6-20(36-2)9-21(7-18)37-3;1-16(2)30-15-17(13-27-30)24-14-26-22-6-5-18(11-23(22)28-24)29(8-7-25)19-9-20(31-3)12-21(10-19)32-4/h6-7,11-17,19H,4-5,8-10,18H2,1-3H3,(H2,29,36);6-7,10-13,15-18,27H,4-5,8-9,14H2,1-3H3;4-10,12-13,19,29,35H,11,14-15H2,1-3H3;5-6,9-16H,7-8,25H2,1-4H3/t;;19-;/m..0./s1. The summed E-state index contributed by atoms with van der Waals surface area (Å²) >= 11 is 0. The van der Waals surface area contributed by atoms with Gasteiger partial charge in [-0.15, -0.1) is 0 Å². The minimum absolute atomic E-state index is 0.0115. The molecule has 0 spiro atoms. The average molecular weight is 1920 g/mol. The van der Waals surface area contributed by atoms with Crippen molar-refractivity contribution in [3.05, 3.63) is 220 Å². The lowest BCUT2D eigenvalue weighted by Gasteiger charge is -2.34. The number of fused-ring (bicyclic) bond motifs is 4. The van der Waals surface area contributed by atoms with Crippen LogP contribution in [0.15, 0.2) is 220 Å². The van der Waals surface area contributed by atoms with Gasteiger partial charge in [-0.05, 0) is 131 Å². The van der Waals surface area contributed by atoms with Crippen LogP contribution >= 0.6 is 0 Å². The highest BCUT2D eigenvalue weighted by atomic mass is 19.4. The number of nitrogens with one attached hydrogen (secondary N) is 2. The Morgan fingerprint density at radius 3 is 1.11 bits per heavy atom. The molecule has 2 fully saturated rings. The SMILES string of the molecule is COc1cc(OC)cc(N(CCN)c2ccc3ncc(-c4cnn(C(C)C)c4)nc3c2)c1.COc1cc(OC)cc(N(CCN2CCCC(C(N)=O)C2)c2ccc3ncc(-c4cnn(C)c4)nc3c2)c1.COc1cc(OC)cc(N(CCNCC2CC2)c2ccc3ncc(-c4cnn(C)c4)nc3c2)c1.COc1cc(OC)cc(N(C[C@@H](O)CNCC(F)(F)F)c2ccc3ncc(-c4cnn(C)c4)nc3c2)c1. The zero-order chi connectivity index (χ0) is 99.4. The van der Waals surface area contributed by atoms with Gasteiger partial charge in [-0.3, -0.25) is 43.5 Å². The Morgan fingerprint density at radius 2 is 0.787 bits per heavy atom. The zero-order valence-corrected chi connectivity index (χ0v) is 81.2. The van der Waals surface area contributed by atoms with Gasteiger partial charge >= 0.3 is 6.18 Å². The maximum absolute atomic E-state index is 12.6. The van der Waals surface area contributed by atoms with Crippen LogP contribution in [0.25, 0.3) is 89.2 Å². The number of carbonyl (C=O) groups is 1. The van der Waals surface area contributed by atoms with E-state index in [9.17, 15) is 23.1 Å². The van der Waals surface area contributed by atoms with Crippen LogP contribution in [-0.2, 0) is 25.9 Å². The van der Waals surface area contributed by atoms with Crippen LogP contribution in [0.4, 0.5) is 58.7 Å². The van der Waals surface area contributed by atoms with Crippen LogP contribution in [-0.4, -0.2) is 243 Å². The fourth-order valence-corrected chi connectivity index (χ4v) is 16.4. The highest BCUT2D eigenvalue weighted by Crippen LogP contribution is 2.41. The van der Waals surface area contributed by atoms with Gasteiger partial charge in [-0.25, -0.2) is 19.9 Å². The van der Waals surface area contributed by atoms with E-state index in [2.05, 4.69) is 109 Å². The quantitative estimate of drug-likeness (QED) is 0.0226. The Labute approximate surface area is 815 Å². The number of anilines is 8. The highest BCUT2D eigenvalue weighted by molar-refractivity contribution is 5.87. The van der Waals surface area contributed by atoms with E-state index in [1.54, 1.807) is 129 Å². The maximum atomic E-state index is 12.6. The number of ether oxygens (including phenoxy) is 8. The first-order chi connectivity index (χ1) is 68.2. The summed E-state index contributed by atoms with van der Waals surface area (Å²) in [5, 5.41) is 33.6. The van der Waals surface area contributed by atoms with Crippen molar-refractivity contribution in [2.75, 3.05) is 155 Å². The van der Waals surface area contributed by atoms with Gasteiger partial charge in [-0.2, -0.15) is 33.6 Å². The van der Waals surface area contributed by atoms with Crippen LogP contribution in [0.5, 0.6) is 46.0 Å². The fraction of sp³-hybridized carbons (Fsp3) is 0.330.